The number of amides is 2. The number of nitrogens with zero attached hydrogens (tertiary/aromatic N) is 1. The van der Waals surface area contributed by atoms with Gasteiger partial charge in [-0.15, -0.1) is 0 Å². The van der Waals surface area contributed by atoms with Gasteiger partial charge in [-0.25, -0.2) is 4.79 Å². The highest BCUT2D eigenvalue weighted by atomic mass is 16.2. The minimum Gasteiger partial charge on any atom is -0.338 e. The molecule has 0 radical (unpaired) electrons. The molecule has 4 nitrogen and oxygen atoms in total. The van der Waals surface area contributed by atoms with Crippen molar-refractivity contribution in [3.63, 3.8) is 0 Å². The molecule has 2 N–H and O–H groups in total. The van der Waals surface area contributed by atoms with Gasteiger partial charge in [0.05, 0.1) is 0 Å². The molecule has 2 atom stereocenters. The summed E-state index contributed by atoms with van der Waals surface area (Å²) in [4.78, 5) is 13.7. The lowest BCUT2D eigenvalue weighted by Crippen LogP contribution is -2.41. The molecule has 86 valence electrons. The summed E-state index contributed by atoms with van der Waals surface area (Å²) in [6.07, 6.45) is 1.22. The molecule has 0 bridgehead atoms. The minimum absolute atomic E-state index is 0.111. The van der Waals surface area contributed by atoms with E-state index < -0.39 is 0 Å². The average molecular weight is 211 g/mol. The van der Waals surface area contributed by atoms with E-state index >= 15 is 0 Å². The summed E-state index contributed by atoms with van der Waals surface area (Å²) in [5.41, 5.74) is 0. The molecule has 2 saturated heterocycles. The molecule has 0 aromatic carbocycles. The van der Waals surface area contributed by atoms with Crippen molar-refractivity contribution in [2.75, 3.05) is 26.2 Å². The summed E-state index contributed by atoms with van der Waals surface area (Å²) in [5.74, 6) is 1.21. The molecule has 2 aliphatic heterocycles. The maximum absolute atomic E-state index is 11.8. The van der Waals surface area contributed by atoms with Crippen molar-refractivity contribution in [1.82, 2.24) is 15.5 Å². The van der Waals surface area contributed by atoms with Gasteiger partial charge < -0.3 is 15.5 Å². The van der Waals surface area contributed by atoms with Crippen molar-refractivity contribution in [3.05, 3.63) is 0 Å². The fourth-order valence-electron chi connectivity index (χ4n) is 2.42. The van der Waals surface area contributed by atoms with Gasteiger partial charge in [-0.2, -0.15) is 0 Å². The Morgan fingerprint density at radius 3 is 3.00 bits per heavy atom. The molecule has 0 aromatic rings. The standard InChI is InChI=1S/C11H21N3O/c1-8(2)5-13-11(15)14-6-9-3-4-12-10(9)7-14/h8-10,12H,3-7H2,1-2H3,(H,13,15)/t9-,10+/m1/s1. The largest absolute Gasteiger partial charge is 0.338 e. The van der Waals surface area contributed by atoms with E-state index in [2.05, 4.69) is 24.5 Å². The number of fused-ring (bicyclic) bond motifs is 1. The molecule has 2 fully saturated rings. The molecule has 15 heavy (non-hydrogen) atoms. The molecule has 0 saturated carbocycles. The Bertz CT molecular complexity index is 230. The zero-order valence-electron chi connectivity index (χ0n) is 9.62. The lowest BCUT2D eigenvalue weighted by Gasteiger charge is -2.18. The second kappa shape index (κ2) is 4.39. The molecule has 2 heterocycles. The van der Waals surface area contributed by atoms with Crippen LogP contribution in [0.3, 0.4) is 0 Å². The van der Waals surface area contributed by atoms with E-state index in [4.69, 9.17) is 0 Å². The Labute approximate surface area is 91.4 Å². The molecule has 2 aliphatic rings. The summed E-state index contributed by atoms with van der Waals surface area (Å²) in [6, 6.07) is 0.662. The van der Waals surface area contributed by atoms with E-state index in [1.807, 2.05) is 4.90 Å². The van der Waals surface area contributed by atoms with E-state index in [-0.39, 0.29) is 6.03 Å². The van der Waals surface area contributed by atoms with Gasteiger partial charge in [-0.05, 0) is 24.8 Å². The molecule has 0 spiro atoms. The number of rotatable bonds is 2. The van der Waals surface area contributed by atoms with E-state index in [9.17, 15) is 4.79 Å². The van der Waals surface area contributed by atoms with Crippen molar-refractivity contribution < 1.29 is 4.79 Å². The number of nitrogens with one attached hydrogen (secondary N) is 2. The Morgan fingerprint density at radius 2 is 2.33 bits per heavy atom. The van der Waals surface area contributed by atoms with Gasteiger partial charge in [0, 0.05) is 25.7 Å². The molecule has 2 amide bonds. The van der Waals surface area contributed by atoms with Crippen LogP contribution in [0.1, 0.15) is 20.3 Å². The van der Waals surface area contributed by atoms with E-state index in [1.54, 1.807) is 0 Å². The first-order valence-corrected chi connectivity index (χ1v) is 5.93. The monoisotopic (exact) mass is 211 g/mol. The van der Waals surface area contributed by atoms with Crippen LogP contribution in [0.2, 0.25) is 0 Å². The van der Waals surface area contributed by atoms with Crippen molar-refractivity contribution >= 4 is 6.03 Å². The fourth-order valence-corrected chi connectivity index (χ4v) is 2.42. The maximum Gasteiger partial charge on any atom is 0.317 e. The van der Waals surface area contributed by atoms with Crippen LogP contribution in [0, 0.1) is 11.8 Å². The maximum atomic E-state index is 11.8. The predicted molar refractivity (Wildman–Crippen MR) is 59.7 cm³/mol. The predicted octanol–water partition coefficient (Wildman–Crippen LogP) is 0.646. The van der Waals surface area contributed by atoms with Crippen LogP contribution in [0.15, 0.2) is 0 Å². The second-order valence-corrected chi connectivity index (χ2v) is 5.09. The number of hydrogen-bond donors (Lipinski definition) is 2. The molecule has 0 aliphatic carbocycles. The Balaban J connectivity index is 1.78. The highest BCUT2D eigenvalue weighted by Crippen LogP contribution is 2.24. The quantitative estimate of drug-likeness (QED) is 0.704. The summed E-state index contributed by atoms with van der Waals surface area (Å²) < 4.78 is 0. The van der Waals surface area contributed by atoms with Crippen LogP contribution in [0.5, 0.6) is 0 Å². The van der Waals surface area contributed by atoms with E-state index in [0.717, 1.165) is 26.2 Å². The normalized spacial score (nSPS) is 29.7. The van der Waals surface area contributed by atoms with Crippen molar-refractivity contribution in [2.24, 2.45) is 11.8 Å². The molecule has 2 rings (SSSR count). The fraction of sp³-hybridized carbons (Fsp3) is 0.909. The zero-order valence-corrected chi connectivity index (χ0v) is 9.62. The summed E-state index contributed by atoms with van der Waals surface area (Å²) in [7, 11) is 0. The van der Waals surface area contributed by atoms with E-state index in [1.165, 1.54) is 6.42 Å². The Morgan fingerprint density at radius 1 is 1.53 bits per heavy atom. The van der Waals surface area contributed by atoms with Gasteiger partial charge in [0.2, 0.25) is 0 Å². The first-order chi connectivity index (χ1) is 7.16. The van der Waals surface area contributed by atoms with Gasteiger partial charge in [0.1, 0.15) is 0 Å². The smallest absolute Gasteiger partial charge is 0.317 e. The van der Waals surface area contributed by atoms with Crippen LogP contribution in [0.4, 0.5) is 4.79 Å². The van der Waals surface area contributed by atoms with Crippen LogP contribution < -0.4 is 10.6 Å². The van der Waals surface area contributed by atoms with Crippen molar-refractivity contribution in [1.29, 1.82) is 0 Å². The van der Waals surface area contributed by atoms with Gasteiger partial charge in [-0.3, -0.25) is 0 Å². The van der Waals surface area contributed by atoms with Crippen LogP contribution >= 0.6 is 0 Å². The SMILES string of the molecule is CC(C)CNC(=O)N1C[C@H]2CCN[C@H]2C1. The first-order valence-electron chi connectivity index (χ1n) is 5.93. The van der Waals surface area contributed by atoms with Crippen molar-refractivity contribution in [2.45, 2.75) is 26.3 Å². The number of likely N-dealkylation sites (tertiary alicyclic amines) is 1. The highest BCUT2D eigenvalue weighted by molar-refractivity contribution is 5.74. The number of hydrogen-bond acceptors (Lipinski definition) is 2. The number of carbonyl (C=O) groups excluding carboxylic acids is 1. The van der Waals surface area contributed by atoms with Crippen LogP contribution in [0.25, 0.3) is 0 Å². The van der Waals surface area contributed by atoms with E-state index in [0.29, 0.717) is 17.9 Å². The average Bonchev–Trinajstić information content (AvgIpc) is 2.72. The Kier molecular flexibility index (Phi) is 3.14. The first kappa shape index (κ1) is 10.7. The topological polar surface area (TPSA) is 44.4 Å². The lowest BCUT2D eigenvalue weighted by atomic mass is 10.1. The zero-order chi connectivity index (χ0) is 10.8. The van der Waals surface area contributed by atoms with Gasteiger partial charge in [-0.1, -0.05) is 13.8 Å². The van der Waals surface area contributed by atoms with Crippen LogP contribution in [-0.2, 0) is 0 Å². The third kappa shape index (κ3) is 2.43. The van der Waals surface area contributed by atoms with Crippen molar-refractivity contribution in [3.8, 4) is 0 Å². The lowest BCUT2D eigenvalue weighted by molar-refractivity contribution is 0.204. The summed E-state index contributed by atoms with van der Waals surface area (Å²) in [6.45, 7) is 7.94. The minimum atomic E-state index is 0.111. The third-order valence-electron chi connectivity index (χ3n) is 3.31. The van der Waals surface area contributed by atoms with Crippen LogP contribution in [-0.4, -0.2) is 43.2 Å². The second-order valence-electron chi connectivity index (χ2n) is 5.09. The molecule has 0 unspecified atom stereocenters. The molecule has 0 aromatic heterocycles. The number of carbonyl (C=O) groups is 1. The molecular formula is C11H21N3O. The highest BCUT2D eigenvalue weighted by Gasteiger charge is 2.37. The molecular weight excluding hydrogens is 190 g/mol. The third-order valence-corrected chi connectivity index (χ3v) is 3.31. The number of urea groups is 1. The van der Waals surface area contributed by atoms with Gasteiger partial charge in [0.25, 0.3) is 0 Å². The Hall–Kier alpha value is -0.770. The van der Waals surface area contributed by atoms with Gasteiger partial charge in [0.15, 0.2) is 0 Å². The van der Waals surface area contributed by atoms with Gasteiger partial charge >= 0.3 is 6.03 Å². The molecule has 4 heteroatoms. The summed E-state index contributed by atoms with van der Waals surface area (Å²) in [5, 5.41) is 6.42. The summed E-state index contributed by atoms with van der Waals surface area (Å²) >= 11 is 0.